The first-order chi connectivity index (χ1) is 15.2. The van der Waals surface area contributed by atoms with Crippen molar-refractivity contribution < 1.29 is 9.53 Å². The molecule has 1 aliphatic heterocycles. The Balaban J connectivity index is 1.51. The Bertz CT molecular complexity index is 1120. The van der Waals surface area contributed by atoms with Crippen LogP contribution < -0.4 is 4.46 Å². The van der Waals surface area contributed by atoms with E-state index in [1.54, 1.807) is 0 Å². The summed E-state index contributed by atoms with van der Waals surface area (Å²) in [6.07, 6.45) is 3.20. The quantitative estimate of drug-likeness (QED) is 0.339. The summed E-state index contributed by atoms with van der Waals surface area (Å²) >= 11 is 0.473. The number of benzene rings is 2. The van der Waals surface area contributed by atoms with Gasteiger partial charge >= 0.3 is 190 Å². The molecule has 0 spiro atoms. The second-order valence-corrected chi connectivity index (χ2v) is 10.8. The van der Waals surface area contributed by atoms with Gasteiger partial charge in [0.05, 0.1) is 0 Å². The Morgan fingerprint density at radius 1 is 1.19 bits per heavy atom. The Kier molecular flexibility index (Phi) is 5.75. The van der Waals surface area contributed by atoms with E-state index >= 15 is 0 Å². The van der Waals surface area contributed by atoms with E-state index in [4.69, 9.17) is 4.74 Å². The summed E-state index contributed by atoms with van der Waals surface area (Å²) in [5.74, 6) is -0.131. The van der Waals surface area contributed by atoms with Crippen LogP contribution in [0.15, 0.2) is 66.2 Å². The predicted octanol–water partition coefficient (Wildman–Crippen LogP) is 4.20. The van der Waals surface area contributed by atoms with Gasteiger partial charge in [-0.2, -0.15) is 0 Å². The number of para-hydroxylation sites is 1. The zero-order valence-corrected chi connectivity index (χ0v) is 19.7. The number of ether oxygens (including phenoxy) is 1. The van der Waals surface area contributed by atoms with Crippen LogP contribution in [0.1, 0.15) is 36.6 Å². The van der Waals surface area contributed by atoms with E-state index in [9.17, 15) is 4.79 Å². The van der Waals surface area contributed by atoms with Crippen molar-refractivity contribution in [2.45, 2.75) is 30.6 Å². The molecule has 3 aromatic rings. The Morgan fingerprint density at radius 2 is 1.97 bits per heavy atom. The second kappa shape index (κ2) is 8.66. The standard InChI is InChI=1S/C26H28N2O2Se/c1-3-17-16-28(13-14-31-18-9-5-4-6-10-18)22-15-20(17)24(26(29)30-2)23-19-11-7-8-12-21(19)27-25(22)23/h3-12,20,22,24,27H,13-16H2,1-2H3/b17-3-/t20-,22-,24-/m1/s1. The minimum absolute atomic E-state index is 0.116. The number of nitrogens with zero attached hydrogens (tertiary/aromatic N) is 1. The van der Waals surface area contributed by atoms with Gasteiger partial charge in [-0.05, 0) is 0 Å². The molecule has 31 heavy (non-hydrogen) atoms. The van der Waals surface area contributed by atoms with Gasteiger partial charge in [-0.1, -0.05) is 0 Å². The van der Waals surface area contributed by atoms with Gasteiger partial charge < -0.3 is 0 Å². The molecule has 1 N–H and O–H groups in total. The number of rotatable bonds is 5. The topological polar surface area (TPSA) is 45.3 Å². The first-order valence-corrected chi connectivity index (χ1v) is 13.0. The van der Waals surface area contributed by atoms with Crippen LogP contribution in [0.2, 0.25) is 5.32 Å². The Morgan fingerprint density at radius 3 is 2.74 bits per heavy atom. The molecule has 160 valence electrons. The van der Waals surface area contributed by atoms with Gasteiger partial charge in [0.15, 0.2) is 0 Å². The van der Waals surface area contributed by atoms with Crippen LogP contribution in [0.3, 0.4) is 0 Å². The molecule has 1 saturated heterocycles. The predicted molar refractivity (Wildman–Crippen MR) is 126 cm³/mol. The van der Waals surface area contributed by atoms with E-state index in [1.807, 2.05) is 0 Å². The number of fused-ring (bicyclic) bond motifs is 6. The van der Waals surface area contributed by atoms with Crippen molar-refractivity contribution in [2.75, 3.05) is 20.2 Å². The number of aromatic nitrogens is 1. The molecule has 0 unspecified atom stereocenters. The molecule has 2 heterocycles. The van der Waals surface area contributed by atoms with Crippen LogP contribution in [0.25, 0.3) is 10.9 Å². The zero-order valence-electron chi connectivity index (χ0n) is 18.0. The van der Waals surface area contributed by atoms with Gasteiger partial charge in [-0.25, -0.2) is 0 Å². The van der Waals surface area contributed by atoms with Gasteiger partial charge in [0, 0.05) is 0 Å². The van der Waals surface area contributed by atoms with E-state index in [2.05, 4.69) is 77.5 Å². The Hall–Kier alpha value is -2.33. The molecule has 5 rings (SSSR count). The van der Waals surface area contributed by atoms with Crippen molar-refractivity contribution in [3.05, 3.63) is 77.5 Å². The van der Waals surface area contributed by atoms with Gasteiger partial charge in [0.25, 0.3) is 0 Å². The average Bonchev–Trinajstić information content (AvgIpc) is 3.20. The van der Waals surface area contributed by atoms with Crippen LogP contribution in [0, 0.1) is 5.92 Å². The third-order valence-corrected chi connectivity index (χ3v) is 8.90. The number of nitrogens with one attached hydrogen (secondary N) is 1. The summed E-state index contributed by atoms with van der Waals surface area (Å²) < 4.78 is 6.75. The van der Waals surface area contributed by atoms with E-state index in [1.165, 1.54) is 28.2 Å². The minimum atomic E-state index is -0.228. The second-order valence-electron chi connectivity index (χ2n) is 8.35. The fraction of sp³-hybridized carbons (Fsp3) is 0.346. The molecule has 0 amide bonds. The fourth-order valence-electron chi connectivity index (χ4n) is 5.38. The average molecular weight is 479 g/mol. The number of H-pyrrole nitrogens is 1. The van der Waals surface area contributed by atoms with Crippen molar-refractivity contribution in [3.63, 3.8) is 0 Å². The molecule has 1 aliphatic carbocycles. The number of carbonyl (C=O) groups is 1. The van der Waals surface area contributed by atoms with Crippen molar-refractivity contribution in [3.8, 4) is 0 Å². The van der Waals surface area contributed by atoms with Crippen molar-refractivity contribution in [2.24, 2.45) is 5.92 Å². The third-order valence-electron chi connectivity index (χ3n) is 6.82. The molecule has 5 heteroatoms. The van der Waals surface area contributed by atoms with Crippen molar-refractivity contribution >= 4 is 36.3 Å². The normalized spacial score (nSPS) is 24.3. The number of aromatic amines is 1. The summed E-state index contributed by atoms with van der Waals surface area (Å²) in [7, 11) is 1.51. The molecule has 1 fully saturated rings. The van der Waals surface area contributed by atoms with Gasteiger partial charge in [-0.15, -0.1) is 0 Å². The number of allylic oxidation sites excluding steroid dienone is 1. The number of hydrogen-bond donors (Lipinski definition) is 1. The summed E-state index contributed by atoms with van der Waals surface area (Å²) in [4.78, 5) is 19.3. The first-order valence-electron chi connectivity index (χ1n) is 11.0. The molecule has 0 saturated carbocycles. The number of methoxy groups -OCH3 is 1. The van der Waals surface area contributed by atoms with Gasteiger partial charge in [0.1, 0.15) is 0 Å². The van der Waals surface area contributed by atoms with Crippen LogP contribution in [0.4, 0.5) is 0 Å². The Labute approximate surface area is 189 Å². The maximum atomic E-state index is 13.0. The zero-order chi connectivity index (χ0) is 21.4. The summed E-state index contributed by atoms with van der Waals surface area (Å²) in [6, 6.07) is 19.5. The number of esters is 1. The maximum absolute atomic E-state index is 13.0. The molecule has 2 bridgehead atoms. The van der Waals surface area contributed by atoms with Crippen molar-refractivity contribution in [1.82, 2.24) is 9.88 Å². The molecule has 2 aliphatic rings. The summed E-state index contributed by atoms with van der Waals surface area (Å²) in [5.41, 5.74) is 4.86. The molecule has 2 aromatic carbocycles. The van der Waals surface area contributed by atoms with Crippen LogP contribution in [0.5, 0.6) is 0 Å². The number of piperidine rings is 1. The first kappa shape index (κ1) is 20.6. The molecule has 4 nitrogen and oxygen atoms in total. The summed E-state index contributed by atoms with van der Waals surface area (Å²) in [6.45, 7) is 4.11. The molecular weight excluding hydrogens is 451 g/mol. The van der Waals surface area contributed by atoms with Crippen molar-refractivity contribution in [1.29, 1.82) is 0 Å². The van der Waals surface area contributed by atoms with E-state index in [-0.39, 0.29) is 17.8 Å². The number of hydrogen-bond acceptors (Lipinski definition) is 3. The van der Waals surface area contributed by atoms with Crippen LogP contribution >= 0.6 is 0 Å². The van der Waals surface area contributed by atoms with Gasteiger partial charge in [0.2, 0.25) is 0 Å². The number of carbonyl (C=O) groups excluding carboxylic acids is 1. The van der Waals surface area contributed by atoms with Crippen LogP contribution in [-0.2, 0) is 9.53 Å². The number of likely N-dealkylation sites (tertiary alicyclic amines) is 1. The molecule has 1 aromatic heterocycles. The SMILES string of the molecule is C/C=C1/CN(CC[Se]c2ccccc2)[C@@H]2C[C@H]1[C@@H](C(=O)OC)c1c2[nH]c2ccccc12. The monoisotopic (exact) mass is 480 g/mol. The van der Waals surface area contributed by atoms with E-state index in [0.29, 0.717) is 21.0 Å². The van der Waals surface area contributed by atoms with Crippen LogP contribution in [-0.4, -0.2) is 51.0 Å². The van der Waals surface area contributed by atoms with E-state index < -0.39 is 0 Å². The molecular formula is C26H28N2O2Se. The fourth-order valence-corrected chi connectivity index (χ4v) is 7.30. The third kappa shape index (κ3) is 3.65. The molecule has 3 atom stereocenters. The molecule has 0 radical (unpaired) electrons. The van der Waals surface area contributed by atoms with E-state index in [0.717, 1.165) is 36.0 Å². The van der Waals surface area contributed by atoms with Gasteiger partial charge in [-0.3, -0.25) is 0 Å². The summed E-state index contributed by atoms with van der Waals surface area (Å²) in [5, 5.41) is 2.35.